The van der Waals surface area contributed by atoms with E-state index in [0.717, 1.165) is 12.5 Å². The Morgan fingerprint density at radius 2 is 2.07 bits per heavy atom. The number of hydrogen-bond donors (Lipinski definition) is 1. The molecule has 3 heteroatoms. The fraction of sp³-hybridized carbons (Fsp3) is 0.500. The molecule has 0 amide bonds. The number of benzene rings is 1. The Kier molecular flexibility index (Phi) is 2.89. The average Bonchev–Trinajstić information content (AvgIpc) is 2.57. The van der Waals surface area contributed by atoms with Gasteiger partial charge in [0.15, 0.2) is 0 Å². The maximum atomic E-state index is 13.3. The highest BCUT2D eigenvalue weighted by Crippen LogP contribution is 2.28. The second-order valence-electron chi connectivity index (χ2n) is 4.28. The summed E-state index contributed by atoms with van der Waals surface area (Å²) in [6.45, 7) is 2.16. The van der Waals surface area contributed by atoms with E-state index in [1.54, 1.807) is 0 Å². The lowest BCUT2D eigenvalue weighted by Crippen LogP contribution is -2.22. The molecule has 1 fully saturated rings. The molecule has 1 aliphatic rings. The molecule has 0 saturated heterocycles. The van der Waals surface area contributed by atoms with E-state index in [1.165, 1.54) is 25.0 Å². The Bertz CT molecular complexity index is 351. The average molecular weight is 211 g/mol. The summed E-state index contributed by atoms with van der Waals surface area (Å²) in [4.78, 5) is 0. The molecule has 1 nitrogen and oxygen atoms in total. The molecule has 2 unspecified atom stereocenters. The molecule has 1 aromatic carbocycles. The molecule has 1 aromatic rings. The zero-order valence-electron chi connectivity index (χ0n) is 8.76. The summed E-state index contributed by atoms with van der Waals surface area (Å²) >= 11 is 0. The quantitative estimate of drug-likeness (QED) is 0.788. The summed E-state index contributed by atoms with van der Waals surface area (Å²) in [5, 5.41) is 3.14. The fourth-order valence-corrected chi connectivity index (χ4v) is 2.17. The van der Waals surface area contributed by atoms with Gasteiger partial charge in [0, 0.05) is 12.1 Å². The smallest absolute Gasteiger partial charge is 0.149 e. The van der Waals surface area contributed by atoms with Gasteiger partial charge in [0.2, 0.25) is 0 Å². The second-order valence-corrected chi connectivity index (χ2v) is 4.28. The minimum Gasteiger partial charge on any atom is -0.380 e. The van der Waals surface area contributed by atoms with E-state index < -0.39 is 11.6 Å². The predicted octanol–water partition coefficient (Wildman–Crippen LogP) is 3.57. The molecule has 0 aliphatic heterocycles. The zero-order chi connectivity index (χ0) is 10.8. The van der Waals surface area contributed by atoms with Crippen molar-refractivity contribution in [3.05, 3.63) is 29.8 Å². The van der Waals surface area contributed by atoms with Gasteiger partial charge in [0.25, 0.3) is 0 Å². The van der Waals surface area contributed by atoms with Crippen LogP contribution in [0.2, 0.25) is 0 Å². The maximum Gasteiger partial charge on any atom is 0.149 e. The van der Waals surface area contributed by atoms with Crippen molar-refractivity contribution in [1.29, 1.82) is 0 Å². The number of hydrogen-bond acceptors (Lipinski definition) is 1. The standard InChI is InChI=1S/C12H15F2N/c1-8-3-2-4-11(8)15-12-6-5-9(13)7-10(12)14/h5-8,11,15H,2-4H2,1H3. The molecule has 1 N–H and O–H groups in total. The van der Waals surface area contributed by atoms with E-state index in [9.17, 15) is 8.78 Å². The van der Waals surface area contributed by atoms with E-state index in [1.807, 2.05) is 0 Å². The molecule has 2 atom stereocenters. The van der Waals surface area contributed by atoms with Crippen molar-refractivity contribution in [2.75, 3.05) is 5.32 Å². The Hall–Kier alpha value is -1.12. The van der Waals surface area contributed by atoms with Crippen LogP contribution in [-0.2, 0) is 0 Å². The van der Waals surface area contributed by atoms with Gasteiger partial charge >= 0.3 is 0 Å². The van der Waals surface area contributed by atoms with Gasteiger partial charge in [-0.3, -0.25) is 0 Å². The highest BCUT2D eigenvalue weighted by atomic mass is 19.1. The number of rotatable bonds is 2. The SMILES string of the molecule is CC1CCCC1Nc1ccc(F)cc1F. The van der Waals surface area contributed by atoms with Crippen LogP contribution in [0.5, 0.6) is 0 Å². The Labute approximate surface area is 88.5 Å². The van der Waals surface area contributed by atoms with Crippen LogP contribution in [0.15, 0.2) is 18.2 Å². The molecular weight excluding hydrogens is 196 g/mol. The third kappa shape index (κ3) is 2.28. The topological polar surface area (TPSA) is 12.0 Å². The molecule has 0 heterocycles. The largest absolute Gasteiger partial charge is 0.380 e. The molecule has 15 heavy (non-hydrogen) atoms. The van der Waals surface area contributed by atoms with Crippen LogP contribution < -0.4 is 5.32 Å². The van der Waals surface area contributed by atoms with Gasteiger partial charge in [0.1, 0.15) is 11.6 Å². The molecule has 82 valence electrons. The van der Waals surface area contributed by atoms with Gasteiger partial charge in [-0.15, -0.1) is 0 Å². The Morgan fingerprint density at radius 1 is 1.27 bits per heavy atom. The summed E-state index contributed by atoms with van der Waals surface area (Å²) < 4.78 is 26.0. The predicted molar refractivity (Wildman–Crippen MR) is 56.8 cm³/mol. The lowest BCUT2D eigenvalue weighted by molar-refractivity contribution is 0.546. The summed E-state index contributed by atoms with van der Waals surface area (Å²) in [6.07, 6.45) is 3.43. The third-order valence-electron chi connectivity index (χ3n) is 3.13. The monoisotopic (exact) mass is 211 g/mol. The van der Waals surface area contributed by atoms with Crippen LogP contribution in [0, 0.1) is 17.6 Å². The Balaban J connectivity index is 2.10. The van der Waals surface area contributed by atoms with E-state index in [2.05, 4.69) is 12.2 Å². The first-order valence-corrected chi connectivity index (χ1v) is 5.38. The van der Waals surface area contributed by atoms with Gasteiger partial charge in [0.05, 0.1) is 5.69 Å². The van der Waals surface area contributed by atoms with Gasteiger partial charge in [-0.25, -0.2) is 8.78 Å². The number of anilines is 1. The van der Waals surface area contributed by atoms with E-state index in [-0.39, 0.29) is 0 Å². The normalized spacial score (nSPS) is 25.5. The van der Waals surface area contributed by atoms with Crippen LogP contribution in [0.3, 0.4) is 0 Å². The van der Waals surface area contributed by atoms with Crippen molar-refractivity contribution < 1.29 is 8.78 Å². The van der Waals surface area contributed by atoms with Crippen molar-refractivity contribution in [2.45, 2.75) is 32.2 Å². The van der Waals surface area contributed by atoms with Crippen LogP contribution in [0.4, 0.5) is 14.5 Å². The number of halogens is 2. The van der Waals surface area contributed by atoms with Crippen molar-refractivity contribution in [1.82, 2.24) is 0 Å². The van der Waals surface area contributed by atoms with Gasteiger partial charge < -0.3 is 5.32 Å². The van der Waals surface area contributed by atoms with Crippen molar-refractivity contribution in [2.24, 2.45) is 5.92 Å². The second kappa shape index (κ2) is 4.17. The summed E-state index contributed by atoms with van der Waals surface area (Å²) in [5.41, 5.74) is 0.412. The van der Waals surface area contributed by atoms with Crippen LogP contribution >= 0.6 is 0 Å². The third-order valence-corrected chi connectivity index (χ3v) is 3.13. The van der Waals surface area contributed by atoms with Crippen molar-refractivity contribution in [3.63, 3.8) is 0 Å². The molecule has 2 rings (SSSR count). The zero-order valence-corrected chi connectivity index (χ0v) is 8.76. The summed E-state index contributed by atoms with van der Waals surface area (Å²) in [5.74, 6) is -0.471. The molecule has 0 aromatic heterocycles. The fourth-order valence-electron chi connectivity index (χ4n) is 2.17. The first-order valence-electron chi connectivity index (χ1n) is 5.38. The van der Waals surface area contributed by atoms with Gasteiger partial charge in [-0.05, 0) is 30.9 Å². The minimum atomic E-state index is -0.530. The lowest BCUT2D eigenvalue weighted by atomic mass is 10.1. The maximum absolute atomic E-state index is 13.3. The Morgan fingerprint density at radius 3 is 2.67 bits per heavy atom. The minimum absolute atomic E-state index is 0.324. The highest BCUT2D eigenvalue weighted by Gasteiger charge is 2.23. The summed E-state index contributed by atoms with van der Waals surface area (Å²) in [7, 11) is 0. The molecular formula is C12H15F2N. The van der Waals surface area contributed by atoms with Crippen LogP contribution in [0.1, 0.15) is 26.2 Å². The van der Waals surface area contributed by atoms with E-state index >= 15 is 0 Å². The van der Waals surface area contributed by atoms with Crippen LogP contribution in [0.25, 0.3) is 0 Å². The molecule has 0 spiro atoms. The molecule has 0 bridgehead atoms. The van der Waals surface area contributed by atoms with Crippen LogP contribution in [-0.4, -0.2) is 6.04 Å². The lowest BCUT2D eigenvalue weighted by Gasteiger charge is -2.18. The van der Waals surface area contributed by atoms with E-state index in [0.29, 0.717) is 17.6 Å². The molecule has 0 radical (unpaired) electrons. The van der Waals surface area contributed by atoms with Gasteiger partial charge in [-0.2, -0.15) is 0 Å². The first kappa shape index (κ1) is 10.4. The molecule has 1 aliphatic carbocycles. The van der Waals surface area contributed by atoms with Crippen molar-refractivity contribution >= 4 is 5.69 Å². The van der Waals surface area contributed by atoms with Crippen molar-refractivity contribution in [3.8, 4) is 0 Å². The molecule has 1 saturated carbocycles. The van der Waals surface area contributed by atoms with Gasteiger partial charge in [-0.1, -0.05) is 13.3 Å². The first-order chi connectivity index (χ1) is 7.16. The number of nitrogens with one attached hydrogen (secondary N) is 1. The highest BCUT2D eigenvalue weighted by molar-refractivity contribution is 5.45. The van der Waals surface area contributed by atoms with E-state index in [4.69, 9.17) is 0 Å². The summed E-state index contributed by atoms with van der Waals surface area (Å²) in [6, 6.07) is 3.99.